The Morgan fingerprint density at radius 3 is 2.59 bits per heavy atom. The average molecular weight is 305 g/mol. The summed E-state index contributed by atoms with van der Waals surface area (Å²) in [4.78, 5) is 12.2. The Bertz CT molecular complexity index is 619. The van der Waals surface area contributed by atoms with Crippen LogP contribution in [0.4, 0.5) is 4.39 Å². The molecule has 2 N–H and O–H groups in total. The number of halogens is 1. The van der Waals surface area contributed by atoms with Gasteiger partial charge in [0.1, 0.15) is 5.82 Å². The lowest BCUT2D eigenvalue weighted by atomic mass is 10.1. The molecule has 0 aliphatic carbocycles. The first-order valence-corrected chi connectivity index (χ1v) is 7.27. The zero-order valence-electron chi connectivity index (χ0n) is 12.7. The van der Waals surface area contributed by atoms with Gasteiger partial charge in [-0.1, -0.05) is 26.0 Å². The molecule has 22 heavy (non-hydrogen) atoms. The van der Waals surface area contributed by atoms with Crippen molar-refractivity contribution in [1.82, 2.24) is 5.32 Å². The third-order valence-corrected chi connectivity index (χ3v) is 3.27. The summed E-state index contributed by atoms with van der Waals surface area (Å²) in [7, 11) is 0. The van der Waals surface area contributed by atoms with Crippen LogP contribution in [-0.2, 0) is 0 Å². The van der Waals surface area contributed by atoms with Gasteiger partial charge < -0.3 is 14.8 Å². The van der Waals surface area contributed by atoms with Crippen molar-refractivity contribution in [3.05, 3.63) is 48.2 Å². The van der Waals surface area contributed by atoms with Crippen LogP contribution in [0.2, 0.25) is 0 Å². The van der Waals surface area contributed by atoms with Gasteiger partial charge in [-0.05, 0) is 36.1 Å². The number of hydrogen-bond donors (Lipinski definition) is 2. The van der Waals surface area contributed by atoms with E-state index in [0.717, 1.165) is 0 Å². The van der Waals surface area contributed by atoms with Gasteiger partial charge in [-0.3, -0.25) is 4.79 Å². The summed E-state index contributed by atoms with van der Waals surface area (Å²) in [5, 5.41) is 12.5. The molecule has 0 aliphatic rings. The van der Waals surface area contributed by atoms with E-state index in [1.54, 1.807) is 18.2 Å². The summed E-state index contributed by atoms with van der Waals surface area (Å²) in [5.74, 6) is -0.226. The summed E-state index contributed by atoms with van der Waals surface area (Å²) in [6.45, 7) is 4.18. The maximum Gasteiger partial charge on any atom is 0.287 e. The lowest BCUT2D eigenvalue weighted by Crippen LogP contribution is -2.32. The summed E-state index contributed by atoms with van der Waals surface area (Å²) < 4.78 is 18.2. The van der Waals surface area contributed by atoms with Crippen molar-refractivity contribution in [2.45, 2.75) is 26.4 Å². The Kier molecular flexibility index (Phi) is 5.33. The van der Waals surface area contributed by atoms with Gasteiger partial charge in [0.15, 0.2) is 5.76 Å². The van der Waals surface area contributed by atoms with Crippen LogP contribution in [0.25, 0.3) is 11.1 Å². The topological polar surface area (TPSA) is 62.5 Å². The highest BCUT2D eigenvalue weighted by molar-refractivity contribution is 5.98. The molecule has 1 unspecified atom stereocenters. The molecule has 0 fully saturated rings. The maximum atomic E-state index is 13.0. The van der Waals surface area contributed by atoms with Crippen molar-refractivity contribution in [1.29, 1.82) is 0 Å². The molecule has 1 amide bonds. The third kappa shape index (κ3) is 4.18. The summed E-state index contributed by atoms with van der Waals surface area (Å²) in [5.41, 5.74) is 1.29. The number of benzene rings is 1. The van der Waals surface area contributed by atoms with Gasteiger partial charge in [-0.15, -0.1) is 0 Å². The molecule has 0 aliphatic heterocycles. The normalized spacial score (nSPS) is 12.4. The van der Waals surface area contributed by atoms with Gasteiger partial charge in [-0.2, -0.15) is 0 Å². The predicted octanol–water partition coefficient (Wildman–Crippen LogP) is 3.22. The number of hydrogen-bond acceptors (Lipinski definition) is 3. The molecule has 0 saturated carbocycles. The van der Waals surface area contributed by atoms with E-state index >= 15 is 0 Å². The molecule has 2 aromatic rings. The second kappa shape index (κ2) is 7.22. The molecular formula is C17H20FNO3. The molecule has 0 radical (unpaired) electrons. The first kappa shape index (κ1) is 16.2. The van der Waals surface area contributed by atoms with E-state index < -0.39 is 12.0 Å². The van der Waals surface area contributed by atoms with Gasteiger partial charge >= 0.3 is 0 Å². The minimum Gasteiger partial charge on any atom is -0.459 e. The molecule has 0 saturated heterocycles. The van der Waals surface area contributed by atoms with Gasteiger partial charge in [-0.25, -0.2) is 4.39 Å². The lowest BCUT2D eigenvalue weighted by molar-refractivity contribution is 0.0874. The van der Waals surface area contributed by atoms with Crippen molar-refractivity contribution >= 4 is 5.91 Å². The third-order valence-electron chi connectivity index (χ3n) is 3.27. The molecule has 4 nitrogen and oxygen atoms in total. The van der Waals surface area contributed by atoms with E-state index in [9.17, 15) is 14.3 Å². The molecule has 0 bridgehead atoms. The molecule has 1 atom stereocenters. The predicted molar refractivity (Wildman–Crippen MR) is 81.9 cm³/mol. The Hall–Kier alpha value is -2.14. The van der Waals surface area contributed by atoms with Crippen LogP contribution in [0.15, 0.2) is 41.0 Å². The number of aliphatic hydroxyl groups excluding tert-OH is 1. The van der Waals surface area contributed by atoms with Crippen molar-refractivity contribution in [3.8, 4) is 11.1 Å². The van der Waals surface area contributed by atoms with Crippen molar-refractivity contribution in [2.75, 3.05) is 6.54 Å². The van der Waals surface area contributed by atoms with E-state index in [4.69, 9.17) is 4.42 Å². The fourth-order valence-corrected chi connectivity index (χ4v) is 2.26. The highest BCUT2D eigenvalue weighted by atomic mass is 19.1. The van der Waals surface area contributed by atoms with E-state index in [2.05, 4.69) is 5.32 Å². The maximum absolute atomic E-state index is 13.0. The Morgan fingerprint density at radius 1 is 1.27 bits per heavy atom. The van der Waals surface area contributed by atoms with Gasteiger partial charge in [0.25, 0.3) is 5.91 Å². The minimum atomic E-state index is -0.590. The number of rotatable bonds is 6. The quantitative estimate of drug-likeness (QED) is 0.861. The van der Waals surface area contributed by atoms with E-state index in [0.29, 0.717) is 23.5 Å². The first-order chi connectivity index (χ1) is 10.5. The first-order valence-electron chi connectivity index (χ1n) is 7.27. The SMILES string of the molecule is CC(C)CC(O)CNC(=O)c1occc1-c1ccc(F)cc1. The molecule has 118 valence electrons. The van der Waals surface area contributed by atoms with E-state index in [1.165, 1.54) is 18.4 Å². The van der Waals surface area contributed by atoms with Crippen LogP contribution < -0.4 is 5.32 Å². The Balaban J connectivity index is 2.05. The number of aliphatic hydroxyl groups is 1. The molecule has 5 heteroatoms. The van der Waals surface area contributed by atoms with E-state index in [1.807, 2.05) is 13.8 Å². The Labute approximate surface area is 129 Å². The van der Waals surface area contributed by atoms with Gasteiger partial charge in [0.05, 0.1) is 12.4 Å². The number of carbonyl (C=O) groups excluding carboxylic acids is 1. The van der Waals surface area contributed by atoms with Gasteiger partial charge in [0, 0.05) is 12.1 Å². The standard InChI is InChI=1S/C17H20FNO3/c1-11(2)9-14(20)10-19-17(21)16-15(7-8-22-16)12-3-5-13(18)6-4-12/h3-8,11,14,20H,9-10H2,1-2H3,(H,19,21). The summed E-state index contributed by atoms with van der Waals surface area (Å²) in [6, 6.07) is 7.49. The number of furan rings is 1. The largest absolute Gasteiger partial charge is 0.459 e. The highest BCUT2D eigenvalue weighted by Crippen LogP contribution is 2.25. The average Bonchev–Trinajstić information content (AvgIpc) is 2.94. The van der Waals surface area contributed by atoms with E-state index in [-0.39, 0.29) is 18.1 Å². The van der Waals surface area contributed by atoms with Crippen molar-refractivity contribution < 1.29 is 18.7 Å². The fraction of sp³-hybridized carbons (Fsp3) is 0.353. The van der Waals surface area contributed by atoms with Crippen molar-refractivity contribution in [2.24, 2.45) is 5.92 Å². The van der Waals surface area contributed by atoms with Gasteiger partial charge in [0.2, 0.25) is 0 Å². The van der Waals surface area contributed by atoms with Crippen LogP contribution in [0.3, 0.4) is 0 Å². The summed E-state index contributed by atoms with van der Waals surface area (Å²) in [6.07, 6.45) is 1.44. The monoisotopic (exact) mass is 305 g/mol. The van der Waals surface area contributed by atoms with Crippen LogP contribution in [0.1, 0.15) is 30.8 Å². The molecule has 1 aromatic carbocycles. The number of carbonyl (C=O) groups is 1. The zero-order valence-corrected chi connectivity index (χ0v) is 12.7. The Morgan fingerprint density at radius 2 is 1.95 bits per heavy atom. The van der Waals surface area contributed by atoms with Crippen molar-refractivity contribution in [3.63, 3.8) is 0 Å². The zero-order chi connectivity index (χ0) is 16.1. The smallest absolute Gasteiger partial charge is 0.287 e. The minimum absolute atomic E-state index is 0.156. The lowest BCUT2D eigenvalue weighted by Gasteiger charge is -2.13. The van der Waals surface area contributed by atoms with Crippen LogP contribution in [0.5, 0.6) is 0 Å². The fourth-order valence-electron chi connectivity index (χ4n) is 2.26. The number of nitrogens with one attached hydrogen (secondary N) is 1. The molecule has 1 heterocycles. The number of amides is 1. The van der Waals surface area contributed by atoms with Crippen LogP contribution >= 0.6 is 0 Å². The molecule has 2 rings (SSSR count). The second-order valence-corrected chi connectivity index (χ2v) is 5.66. The molecule has 1 aromatic heterocycles. The highest BCUT2D eigenvalue weighted by Gasteiger charge is 2.18. The summed E-state index contributed by atoms with van der Waals surface area (Å²) >= 11 is 0. The van der Waals surface area contributed by atoms with Crippen LogP contribution in [0, 0.1) is 11.7 Å². The molecule has 0 spiro atoms. The van der Waals surface area contributed by atoms with Crippen LogP contribution in [-0.4, -0.2) is 23.7 Å². The molecular weight excluding hydrogens is 285 g/mol. The second-order valence-electron chi connectivity index (χ2n) is 5.66.